The number of methoxy groups -OCH3 is 3. The molecule has 9 heteroatoms. The Bertz CT molecular complexity index is 1230. The summed E-state index contributed by atoms with van der Waals surface area (Å²) in [6, 6.07) is 11.6. The van der Waals surface area contributed by atoms with Crippen LogP contribution in [0.4, 0.5) is 5.69 Å². The van der Waals surface area contributed by atoms with Gasteiger partial charge in [-0.3, -0.25) is 14.5 Å². The zero-order chi connectivity index (χ0) is 23.7. The first-order valence-corrected chi connectivity index (χ1v) is 10.2. The molecule has 170 valence electrons. The zero-order valence-corrected chi connectivity index (χ0v) is 18.8. The monoisotopic (exact) mass is 469 g/mol. The summed E-state index contributed by atoms with van der Waals surface area (Å²) in [5.41, 5.74) is 0.456. The van der Waals surface area contributed by atoms with Crippen LogP contribution in [0.25, 0.3) is 5.76 Å². The van der Waals surface area contributed by atoms with Gasteiger partial charge in [-0.05, 0) is 30.3 Å². The third kappa shape index (κ3) is 3.89. The molecule has 0 aliphatic carbocycles. The molecule has 1 atom stereocenters. The number of carbonyl (C=O) groups is 2. The number of carbonyl (C=O) groups excluding carboxylic acids is 2. The topological polar surface area (TPSA) is 98.4 Å². The van der Waals surface area contributed by atoms with Gasteiger partial charge in [0.25, 0.3) is 11.7 Å². The lowest BCUT2D eigenvalue weighted by molar-refractivity contribution is -0.132. The maximum absolute atomic E-state index is 13.2. The van der Waals surface area contributed by atoms with Crippen LogP contribution in [0, 0.1) is 0 Å². The smallest absolute Gasteiger partial charge is 0.300 e. The van der Waals surface area contributed by atoms with Gasteiger partial charge in [-0.1, -0.05) is 11.6 Å². The molecule has 2 aromatic carbocycles. The maximum atomic E-state index is 13.2. The van der Waals surface area contributed by atoms with Crippen molar-refractivity contribution in [1.29, 1.82) is 0 Å². The van der Waals surface area contributed by atoms with Crippen molar-refractivity contribution in [3.63, 3.8) is 0 Å². The van der Waals surface area contributed by atoms with Gasteiger partial charge in [-0.2, -0.15) is 0 Å². The van der Waals surface area contributed by atoms with Crippen molar-refractivity contribution in [3.8, 4) is 17.2 Å². The normalized spacial score (nSPS) is 17.3. The van der Waals surface area contributed by atoms with Crippen molar-refractivity contribution in [3.05, 3.63) is 76.7 Å². The average molecular weight is 470 g/mol. The van der Waals surface area contributed by atoms with Crippen LogP contribution in [0.3, 0.4) is 0 Å². The Morgan fingerprint density at radius 2 is 1.70 bits per heavy atom. The van der Waals surface area contributed by atoms with E-state index in [0.29, 0.717) is 33.7 Å². The molecule has 33 heavy (non-hydrogen) atoms. The highest BCUT2D eigenvalue weighted by Gasteiger charge is 2.48. The van der Waals surface area contributed by atoms with Gasteiger partial charge in [-0.15, -0.1) is 0 Å². The summed E-state index contributed by atoms with van der Waals surface area (Å²) in [4.78, 5) is 27.6. The molecule has 0 spiro atoms. The van der Waals surface area contributed by atoms with Crippen molar-refractivity contribution in [2.75, 3.05) is 26.2 Å². The molecule has 1 N–H and O–H groups in total. The summed E-state index contributed by atoms with van der Waals surface area (Å²) < 4.78 is 21.4. The predicted octanol–water partition coefficient (Wildman–Crippen LogP) is 4.59. The number of anilines is 1. The fourth-order valence-corrected chi connectivity index (χ4v) is 3.90. The number of halogens is 1. The second kappa shape index (κ2) is 8.91. The first-order chi connectivity index (χ1) is 15.9. The highest BCUT2D eigenvalue weighted by atomic mass is 35.5. The number of amides is 1. The maximum Gasteiger partial charge on any atom is 0.300 e. The Morgan fingerprint density at radius 3 is 2.27 bits per heavy atom. The Balaban J connectivity index is 1.93. The zero-order valence-electron chi connectivity index (χ0n) is 18.0. The third-order valence-electron chi connectivity index (χ3n) is 5.30. The van der Waals surface area contributed by atoms with Crippen LogP contribution < -0.4 is 19.1 Å². The molecule has 0 saturated carbocycles. The van der Waals surface area contributed by atoms with Crippen LogP contribution in [-0.4, -0.2) is 38.1 Å². The van der Waals surface area contributed by atoms with E-state index in [-0.39, 0.29) is 16.9 Å². The van der Waals surface area contributed by atoms with E-state index in [0.717, 1.165) is 0 Å². The number of rotatable bonds is 6. The van der Waals surface area contributed by atoms with Crippen LogP contribution >= 0.6 is 11.6 Å². The van der Waals surface area contributed by atoms with E-state index in [1.165, 1.54) is 50.7 Å². The number of benzene rings is 2. The molecule has 1 aromatic heterocycles. The lowest BCUT2D eigenvalue weighted by atomic mass is 9.99. The van der Waals surface area contributed by atoms with E-state index in [9.17, 15) is 14.7 Å². The van der Waals surface area contributed by atoms with Gasteiger partial charge >= 0.3 is 0 Å². The molecule has 3 aromatic rings. The van der Waals surface area contributed by atoms with Crippen molar-refractivity contribution >= 4 is 34.7 Å². The number of aliphatic hydroxyl groups excluding tert-OH is 1. The van der Waals surface area contributed by atoms with Gasteiger partial charge in [0.2, 0.25) is 0 Å². The number of hydrogen-bond acceptors (Lipinski definition) is 7. The Labute approximate surface area is 194 Å². The number of ether oxygens (including phenoxy) is 3. The average Bonchev–Trinajstić information content (AvgIpc) is 3.45. The van der Waals surface area contributed by atoms with Gasteiger partial charge in [-0.25, -0.2) is 0 Å². The second-order valence-corrected chi connectivity index (χ2v) is 7.51. The summed E-state index contributed by atoms with van der Waals surface area (Å²) in [7, 11) is 4.39. The SMILES string of the molecule is COc1cc(OC)cc(N2C(=O)C(=O)/C(=C(\O)c3ccc(Cl)c(OC)c3)C2c2ccco2)c1. The summed E-state index contributed by atoms with van der Waals surface area (Å²) >= 11 is 6.09. The first kappa shape index (κ1) is 22.3. The molecule has 2 heterocycles. The van der Waals surface area contributed by atoms with E-state index >= 15 is 0 Å². The van der Waals surface area contributed by atoms with E-state index in [1.54, 1.807) is 30.3 Å². The third-order valence-corrected chi connectivity index (χ3v) is 5.61. The molecular formula is C24H20ClNO7. The predicted molar refractivity (Wildman–Crippen MR) is 121 cm³/mol. The summed E-state index contributed by atoms with van der Waals surface area (Å²) in [6.45, 7) is 0. The largest absolute Gasteiger partial charge is 0.507 e. The molecular weight excluding hydrogens is 450 g/mol. The first-order valence-electron chi connectivity index (χ1n) is 9.81. The lowest BCUT2D eigenvalue weighted by Gasteiger charge is -2.24. The minimum atomic E-state index is -1.03. The van der Waals surface area contributed by atoms with Crippen LogP contribution in [0.5, 0.6) is 17.2 Å². The Kier molecular flexibility index (Phi) is 6.02. The number of furan rings is 1. The molecule has 1 aliphatic heterocycles. The summed E-state index contributed by atoms with van der Waals surface area (Å²) in [5, 5.41) is 11.5. The van der Waals surface area contributed by atoms with Crippen LogP contribution in [0.2, 0.25) is 5.02 Å². The molecule has 1 saturated heterocycles. The van der Waals surface area contributed by atoms with Crippen LogP contribution in [-0.2, 0) is 9.59 Å². The number of ketones is 1. The molecule has 1 unspecified atom stereocenters. The van der Waals surface area contributed by atoms with Crippen molar-refractivity contribution in [2.45, 2.75) is 6.04 Å². The lowest BCUT2D eigenvalue weighted by Crippen LogP contribution is -2.29. The fraction of sp³-hybridized carbons (Fsp3) is 0.167. The van der Waals surface area contributed by atoms with Crippen LogP contribution in [0.1, 0.15) is 17.4 Å². The Hall–Kier alpha value is -3.91. The second-order valence-electron chi connectivity index (χ2n) is 7.10. The van der Waals surface area contributed by atoms with Crippen molar-refractivity contribution in [2.24, 2.45) is 0 Å². The van der Waals surface area contributed by atoms with Gasteiger partial charge < -0.3 is 23.7 Å². The minimum Gasteiger partial charge on any atom is -0.507 e. The van der Waals surface area contributed by atoms with Crippen LogP contribution in [0.15, 0.2) is 64.8 Å². The number of nitrogens with zero attached hydrogens (tertiary/aromatic N) is 1. The molecule has 0 radical (unpaired) electrons. The van der Waals surface area contributed by atoms with E-state index in [4.69, 9.17) is 30.2 Å². The fourth-order valence-electron chi connectivity index (χ4n) is 3.71. The van der Waals surface area contributed by atoms with Gasteiger partial charge in [0, 0.05) is 23.8 Å². The molecule has 1 fully saturated rings. The van der Waals surface area contributed by atoms with Gasteiger partial charge in [0.05, 0.1) is 43.9 Å². The molecule has 0 bridgehead atoms. The highest BCUT2D eigenvalue weighted by Crippen LogP contribution is 2.44. The Morgan fingerprint density at radius 1 is 1.00 bits per heavy atom. The molecule has 4 rings (SSSR count). The summed E-state index contributed by atoms with van der Waals surface area (Å²) in [6.07, 6.45) is 1.42. The molecule has 1 amide bonds. The van der Waals surface area contributed by atoms with E-state index in [2.05, 4.69) is 0 Å². The van der Waals surface area contributed by atoms with Gasteiger partial charge in [0.1, 0.15) is 34.8 Å². The quantitative estimate of drug-likeness (QED) is 0.320. The number of hydrogen-bond donors (Lipinski definition) is 1. The minimum absolute atomic E-state index is 0.138. The van der Waals surface area contributed by atoms with Gasteiger partial charge in [0.15, 0.2) is 0 Å². The van der Waals surface area contributed by atoms with Crippen molar-refractivity contribution < 1.29 is 33.3 Å². The molecule has 8 nitrogen and oxygen atoms in total. The standard InChI is InChI=1S/C24H20ClNO7/c1-30-15-10-14(11-16(12-15)31-2)26-21(18-5-4-8-33-18)20(23(28)24(26)29)22(27)13-6-7-17(25)19(9-13)32-3/h4-12,21,27H,1-3H3/b22-20-. The van der Waals surface area contributed by atoms with E-state index < -0.39 is 17.7 Å². The number of aliphatic hydroxyl groups is 1. The molecule has 1 aliphatic rings. The summed E-state index contributed by atoms with van der Waals surface area (Å²) in [5.74, 6) is -0.653. The van der Waals surface area contributed by atoms with E-state index in [1.807, 2.05) is 0 Å². The highest BCUT2D eigenvalue weighted by molar-refractivity contribution is 6.51. The number of Topliss-reactive ketones (excluding diaryl/α,β-unsaturated/α-hetero) is 1. The van der Waals surface area contributed by atoms with Crippen molar-refractivity contribution in [1.82, 2.24) is 0 Å².